The number of anilines is 2. The molecule has 23 heavy (non-hydrogen) atoms. The SMILES string of the molecule is CCCc1cc(Nc2cccc(C(C)OC)c2)n2ncnc2n1. The van der Waals surface area contributed by atoms with Gasteiger partial charge >= 0.3 is 0 Å². The van der Waals surface area contributed by atoms with E-state index < -0.39 is 0 Å². The molecule has 0 saturated heterocycles. The van der Waals surface area contributed by atoms with Crippen molar-refractivity contribution in [2.24, 2.45) is 0 Å². The lowest BCUT2D eigenvalue weighted by Crippen LogP contribution is -2.05. The maximum atomic E-state index is 5.38. The highest BCUT2D eigenvalue weighted by Gasteiger charge is 2.09. The first-order valence-electron chi connectivity index (χ1n) is 7.80. The van der Waals surface area contributed by atoms with E-state index in [0.29, 0.717) is 5.78 Å². The lowest BCUT2D eigenvalue weighted by molar-refractivity contribution is 0.119. The van der Waals surface area contributed by atoms with Gasteiger partial charge in [0.15, 0.2) is 0 Å². The van der Waals surface area contributed by atoms with Gasteiger partial charge in [-0.1, -0.05) is 25.5 Å². The van der Waals surface area contributed by atoms with Crippen molar-refractivity contribution in [3.05, 3.63) is 47.9 Å². The zero-order valence-corrected chi connectivity index (χ0v) is 13.7. The van der Waals surface area contributed by atoms with E-state index in [1.807, 2.05) is 25.1 Å². The normalized spacial score (nSPS) is 12.5. The highest BCUT2D eigenvalue weighted by molar-refractivity contribution is 5.59. The molecule has 0 aliphatic heterocycles. The number of nitrogens with one attached hydrogen (secondary N) is 1. The van der Waals surface area contributed by atoms with Crippen molar-refractivity contribution in [1.82, 2.24) is 19.6 Å². The van der Waals surface area contributed by atoms with Crippen LogP contribution in [0, 0.1) is 0 Å². The first-order valence-corrected chi connectivity index (χ1v) is 7.80. The molecule has 0 radical (unpaired) electrons. The zero-order valence-electron chi connectivity index (χ0n) is 13.7. The van der Waals surface area contributed by atoms with Crippen LogP contribution >= 0.6 is 0 Å². The third-order valence-corrected chi connectivity index (χ3v) is 3.79. The molecule has 0 saturated carbocycles. The second-order valence-corrected chi connectivity index (χ2v) is 5.48. The van der Waals surface area contributed by atoms with Gasteiger partial charge in [-0.15, -0.1) is 0 Å². The molecule has 2 aromatic heterocycles. The molecule has 6 heteroatoms. The average Bonchev–Trinajstić information content (AvgIpc) is 3.03. The van der Waals surface area contributed by atoms with Crippen molar-refractivity contribution in [1.29, 1.82) is 0 Å². The Morgan fingerprint density at radius 2 is 2.17 bits per heavy atom. The van der Waals surface area contributed by atoms with Gasteiger partial charge in [0.1, 0.15) is 12.1 Å². The number of aryl methyl sites for hydroxylation is 1. The first kappa shape index (κ1) is 15.4. The summed E-state index contributed by atoms with van der Waals surface area (Å²) in [4.78, 5) is 8.72. The van der Waals surface area contributed by atoms with E-state index >= 15 is 0 Å². The van der Waals surface area contributed by atoms with Crippen LogP contribution in [0.25, 0.3) is 5.78 Å². The van der Waals surface area contributed by atoms with Crippen LogP contribution in [0.15, 0.2) is 36.7 Å². The minimum Gasteiger partial charge on any atom is -0.377 e. The van der Waals surface area contributed by atoms with E-state index in [2.05, 4.69) is 39.4 Å². The van der Waals surface area contributed by atoms with Crippen LogP contribution in [-0.2, 0) is 11.2 Å². The largest absolute Gasteiger partial charge is 0.377 e. The highest BCUT2D eigenvalue weighted by Crippen LogP contribution is 2.23. The first-order chi connectivity index (χ1) is 11.2. The zero-order chi connectivity index (χ0) is 16.2. The van der Waals surface area contributed by atoms with Crippen LogP contribution in [0.2, 0.25) is 0 Å². The number of rotatable bonds is 6. The fourth-order valence-electron chi connectivity index (χ4n) is 2.49. The number of fused-ring (bicyclic) bond motifs is 1. The third kappa shape index (κ3) is 3.32. The monoisotopic (exact) mass is 311 g/mol. The molecule has 3 aromatic rings. The Hall–Kier alpha value is -2.47. The molecule has 0 amide bonds. The summed E-state index contributed by atoms with van der Waals surface area (Å²) in [5, 5.41) is 7.66. The van der Waals surface area contributed by atoms with Crippen LogP contribution in [0.5, 0.6) is 0 Å². The van der Waals surface area contributed by atoms with Crippen LogP contribution in [0.3, 0.4) is 0 Å². The Kier molecular flexibility index (Phi) is 4.52. The molecule has 1 atom stereocenters. The molecule has 3 rings (SSSR count). The molecule has 0 aliphatic carbocycles. The summed E-state index contributed by atoms with van der Waals surface area (Å²) in [6, 6.07) is 10.2. The number of benzene rings is 1. The molecule has 1 unspecified atom stereocenters. The van der Waals surface area contributed by atoms with Crippen LogP contribution < -0.4 is 5.32 Å². The van der Waals surface area contributed by atoms with E-state index in [0.717, 1.165) is 35.6 Å². The molecule has 0 spiro atoms. The maximum absolute atomic E-state index is 5.38. The van der Waals surface area contributed by atoms with Gasteiger partial charge in [0, 0.05) is 24.6 Å². The van der Waals surface area contributed by atoms with E-state index in [-0.39, 0.29) is 6.10 Å². The Labute approximate surface area is 135 Å². The smallest absolute Gasteiger partial charge is 0.254 e. The van der Waals surface area contributed by atoms with Gasteiger partial charge in [-0.05, 0) is 31.0 Å². The third-order valence-electron chi connectivity index (χ3n) is 3.79. The van der Waals surface area contributed by atoms with Gasteiger partial charge in [0.2, 0.25) is 0 Å². The van der Waals surface area contributed by atoms with Gasteiger partial charge in [-0.2, -0.15) is 14.6 Å². The van der Waals surface area contributed by atoms with Gasteiger partial charge in [-0.25, -0.2) is 4.98 Å². The quantitative estimate of drug-likeness (QED) is 0.754. The van der Waals surface area contributed by atoms with Crippen molar-refractivity contribution in [2.75, 3.05) is 12.4 Å². The van der Waals surface area contributed by atoms with Gasteiger partial charge in [0.25, 0.3) is 5.78 Å². The molecule has 2 heterocycles. The number of aromatic nitrogens is 4. The standard InChI is InChI=1S/C17H21N5O/c1-4-6-14-10-16(22-17(21-14)18-11-19-22)20-15-8-5-7-13(9-15)12(2)23-3/h5,7-12,20H,4,6H2,1-3H3. The second-order valence-electron chi connectivity index (χ2n) is 5.48. The summed E-state index contributed by atoms with van der Waals surface area (Å²) >= 11 is 0. The fraction of sp³-hybridized carbons (Fsp3) is 0.353. The number of nitrogens with zero attached hydrogens (tertiary/aromatic N) is 4. The Bertz CT molecular complexity index is 799. The predicted molar refractivity (Wildman–Crippen MR) is 89.9 cm³/mol. The molecular formula is C17H21N5O. The number of ether oxygens (including phenoxy) is 1. The Morgan fingerprint density at radius 3 is 2.96 bits per heavy atom. The predicted octanol–water partition coefficient (Wildman–Crippen LogP) is 3.53. The van der Waals surface area contributed by atoms with E-state index in [9.17, 15) is 0 Å². The fourth-order valence-corrected chi connectivity index (χ4v) is 2.49. The van der Waals surface area contributed by atoms with Crippen molar-refractivity contribution >= 4 is 17.3 Å². The van der Waals surface area contributed by atoms with Gasteiger partial charge in [0.05, 0.1) is 6.10 Å². The molecular weight excluding hydrogens is 290 g/mol. The van der Waals surface area contributed by atoms with E-state index in [4.69, 9.17) is 4.74 Å². The summed E-state index contributed by atoms with van der Waals surface area (Å²) in [5.74, 6) is 1.47. The van der Waals surface area contributed by atoms with Crippen LogP contribution in [-0.4, -0.2) is 26.7 Å². The number of hydrogen-bond donors (Lipinski definition) is 1. The van der Waals surface area contributed by atoms with Crippen LogP contribution in [0.1, 0.15) is 37.6 Å². The summed E-state index contributed by atoms with van der Waals surface area (Å²) in [6.45, 7) is 4.17. The molecule has 0 fully saturated rings. The van der Waals surface area contributed by atoms with E-state index in [1.54, 1.807) is 11.6 Å². The topological polar surface area (TPSA) is 64.3 Å². The average molecular weight is 311 g/mol. The molecule has 6 nitrogen and oxygen atoms in total. The number of hydrogen-bond acceptors (Lipinski definition) is 5. The van der Waals surface area contributed by atoms with Crippen molar-refractivity contribution in [2.45, 2.75) is 32.8 Å². The molecule has 120 valence electrons. The van der Waals surface area contributed by atoms with Gasteiger partial charge < -0.3 is 10.1 Å². The molecule has 1 N–H and O–H groups in total. The minimum absolute atomic E-state index is 0.0521. The van der Waals surface area contributed by atoms with Crippen molar-refractivity contribution < 1.29 is 4.74 Å². The molecule has 0 aliphatic rings. The summed E-state index contributed by atoms with van der Waals surface area (Å²) in [5.41, 5.74) is 3.11. The number of methoxy groups -OCH3 is 1. The maximum Gasteiger partial charge on any atom is 0.254 e. The lowest BCUT2D eigenvalue weighted by Gasteiger charge is -2.13. The molecule has 0 bridgehead atoms. The Balaban J connectivity index is 1.96. The summed E-state index contributed by atoms with van der Waals surface area (Å²) in [6.07, 6.45) is 3.53. The van der Waals surface area contributed by atoms with E-state index in [1.165, 1.54) is 6.33 Å². The molecule has 1 aromatic carbocycles. The minimum atomic E-state index is 0.0521. The van der Waals surface area contributed by atoms with Crippen molar-refractivity contribution in [3.63, 3.8) is 0 Å². The summed E-state index contributed by atoms with van der Waals surface area (Å²) in [7, 11) is 1.71. The van der Waals surface area contributed by atoms with Crippen molar-refractivity contribution in [3.8, 4) is 0 Å². The van der Waals surface area contributed by atoms with Gasteiger partial charge in [-0.3, -0.25) is 0 Å². The second kappa shape index (κ2) is 6.75. The summed E-state index contributed by atoms with van der Waals surface area (Å²) < 4.78 is 7.10. The van der Waals surface area contributed by atoms with Crippen LogP contribution in [0.4, 0.5) is 11.5 Å². The highest BCUT2D eigenvalue weighted by atomic mass is 16.5. The lowest BCUT2D eigenvalue weighted by atomic mass is 10.1. The Morgan fingerprint density at radius 1 is 1.30 bits per heavy atom.